The highest BCUT2D eigenvalue weighted by molar-refractivity contribution is 9.10. The van der Waals surface area contributed by atoms with Gasteiger partial charge in [0.2, 0.25) is 0 Å². The molecule has 3 rings (SSSR count). The molecular weight excluding hydrogens is 330 g/mol. The first kappa shape index (κ1) is 13.6. The van der Waals surface area contributed by atoms with Crippen molar-refractivity contribution < 1.29 is 4.79 Å². The molecule has 1 aromatic heterocycles. The molecule has 2 aromatic carbocycles. The van der Waals surface area contributed by atoms with Gasteiger partial charge in [-0.3, -0.25) is 9.78 Å². The summed E-state index contributed by atoms with van der Waals surface area (Å²) in [6.07, 6.45) is 1.71. The summed E-state index contributed by atoms with van der Waals surface area (Å²) >= 11 is 3.33. The van der Waals surface area contributed by atoms with Crippen LogP contribution in [0, 0.1) is 0 Å². The van der Waals surface area contributed by atoms with E-state index in [-0.39, 0.29) is 5.91 Å². The SMILES string of the molecule is Nc1cc(NC(=O)c2cccc3ncccc23)ccc1Br. The number of pyridine rings is 1. The van der Waals surface area contributed by atoms with Crippen LogP contribution in [-0.2, 0) is 0 Å². The molecule has 0 bridgehead atoms. The van der Waals surface area contributed by atoms with Crippen LogP contribution in [0.5, 0.6) is 0 Å². The Labute approximate surface area is 130 Å². The van der Waals surface area contributed by atoms with Gasteiger partial charge in [-0.25, -0.2) is 0 Å². The first-order chi connectivity index (χ1) is 10.1. The topological polar surface area (TPSA) is 68.0 Å². The molecule has 0 atom stereocenters. The van der Waals surface area contributed by atoms with Gasteiger partial charge in [0.1, 0.15) is 0 Å². The third kappa shape index (κ3) is 2.73. The number of anilines is 2. The van der Waals surface area contributed by atoms with Crippen LogP contribution in [0.3, 0.4) is 0 Å². The molecule has 1 amide bonds. The summed E-state index contributed by atoms with van der Waals surface area (Å²) in [5, 5.41) is 3.67. The largest absolute Gasteiger partial charge is 0.398 e. The van der Waals surface area contributed by atoms with Crippen LogP contribution < -0.4 is 11.1 Å². The zero-order valence-electron chi connectivity index (χ0n) is 11.0. The number of carbonyl (C=O) groups excluding carboxylic acids is 1. The Balaban J connectivity index is 1.95. The summed E-state index contributed by atoms with van der Waals surface area (Å²) in [5.74, 6) is -0.185. The first-order valence-electron chi connectivity index (χ1n) is 6.35. The van der Waals surface area contributed by atoms with Crippen molar-refractivity contribution in [1.29, 1.82) is 0 Å². The zero-order valence-corrected chi connectivity index (χ0v) is 12.6. The molecular formula is C16H12BrN3O. The highest BCUT2D eigenvalue weighted by Crippen LogP contribution is 2.24. The Morgan fingerprint density at radius 1 is 1.14 bits per heavy atom. The molecule has 0 saturated carbocycles. The second-order valence-electron chi connectivity index (χ2n) is 4.57. The third-order valence-corrected chi connectivity index (χ3v) is 3.87. The Morgan fingerprint density at radius 3 is 2.81 bits per heavy atom. The van der Waals surface area contributed by atoms with E-state index in [0.717, 1.165) is 15.4 Å². The van der Waals surface area contributed by atoms with Gasteiger partial charge in [-0.05, 0) is 52.3 Å². The van der Waals surface area contributed by atoms with E-state index in [0.29, 0.717) is 16.9 Å². The van der Waals surface area contributed by atoms with Crippen LogP contribution in [0.25, 0.3) is 10.9 Å². The molecule has 0 spiro atoms. The van der Waals surface area contributed by atoms with E-state index in [4.69, 9.17) is 5.73 Å². The van der Waals surface area contributed by atoms with Crippen LogP contribution in [-0.4, -0.2) is 10.9 Å². The second kappa shape index (κ2) is 5.54. The van der Waals surface area contributed by atoms with Gasteiger partial charge in [-0.15, -0.1) is 0 Å². The van der Waals surface area contributed by atoms with Gasteiger partial charge in [-0.1, -0.05) is 12.1 Å². The smallest absolute Gasteiger partial charge is 0.256 e. The fourth-order valence-electron chi connectivity index (χ4n) is 2.12. The van der Waals surface area contributed by atoms with E-state index < -0.39 is 0 Å². The lowest BCUT2D eigenvalue weighted by molar-refractivity contribution is 0.102. The minimum Gasteiger partial charge on any atom is -0.398 e. The predicted octanol–water partition coefficient (Wildman–Crippen LogP) is 3.83. The van der Waals surface area contributed by atoms with Gasteiger partial charge in [0.15, 0.2) is 0 Å². The first-order valence-corrected chi connectivity index (χ1v) is 7.14. The van der Waals surface area contributed by atoms with E-state index in [1.54, 1.807) is 30.5 Å². The minimum absolute atomic E-state index is 0.185. The number of hydrogen-bond donors (Lipinski definition) is 2. The molecule has 0 saturated heterocycles. The number of carbonyl (C=O) groups is 1. The monoisotopic (exact) mass is 341 g/mol. The van der Waals surface area contributed by atoms with Crippen molar-refractivity contribution in [2.24, 2.45) is 0 Å². The maximum Gasteiger partial charge on any atom is 0.256 e. The van der Waals surface area contributed by atoms with Crippen molar-refractivity contribution in [2.75, 3.05) is 11.1 Å². The fourth-order valence-corrected chi connectivity index (χ4v) is 2.37. The van der Waals surface area contributed by atoms with E-state index in [1.807, 2.05) is 24.3 Å². The molecule has 0 aliphatic heterocycles. The maximum atomic E-state index is 12.4. The van der Waals surface area contributed by atoms with Crippen molar-refractivity contribution >= 4 is 44.1 Å². The number of nitrogens with zero attached hydrogens (tertiary/aromatic N) is 1. The standard InChI is InChI=1S/C16H12BrN3O/c17-13-7-6-10(9-14(13)18)20-16(21)12-3-1-5-15-11(12)4-2-8-19-15/h1-9H,18H2,(H,20,21). The molecule has 0 unspecified atom stereocenters. The molecule has 0 aliphatic carbocycles. The van der Waals surface area contributed by atoms with Crippen LogP contribution in [0.15, 0.2) is 59.2 Å². The number of aromatic nitrogens is 1. The van der Waals surface area contributed by atoms with Crippen LogP contribution in [0.2, 0.25) is 0 Å². The lowest BCUT2D eigenvalue weighted by Gasteiger charge is -2.09. The summed E-state index contributed by atoms with van der Waals surface area (Å²) in [6.45, 7) is 0. The Kier molecular flexibility index (Phi) is 3.58. The van der Waals surface area contributed by atoms with Gasteiger partial charge in [0, 0.05) is 33.0 Å². The van der Waals surface area contributed by atoms with E-state index in [9.17, 15) is 4.79 Å². The molecule has 1 heterocycles. The number of nitrogen functional groups attached to an aromatic ring is 1. The van der Waals surface area contributed by atoms with Crippen molar-refractivity contribution in [2.45, 2.75) is 0 Å². The van der Waals surface area contributed by atoms with Gasteiger partial charge < -0.3 is 11.1 Å². The average molecular weight is 342 g/mol. The minimum atomic E-state index is -0.185. The number of rotatable bonds is 2. The lowest BCUT2D eigenvalue weighted by atomic mass is 10.1. The van der Waals surface area contributed by atoms with Crippen molar-refractivity contribution in [3.63, 3.8) is 0 Å². The van der Waals surface area contributed by atoms with Crippen LogP contribution in [0.1, 0.15) is 10.4 Å². The normalized spacial score (nSPS) is 10.5. The fraction of sp³-hybridized carbons (Fsp3) is 0. The highest BCUT2D eigenvalue weighted by Gasteiger charge is 2.10. The third-order valence-electron chi connectivity index (χ3n) is 3.14. The average Bonchev–Trinajstić information content (AvgIpc) is 2.50. The lowest BCUT2D eigenvalue weighted by Crippen LogP contribution is -2.12. The number of nitrogens with two attached hydrogens (primary N) is 1. The van der Waals surface area contributed by atoms with Crippen molar-refractivity contribution in [1.82, 2.24) is 4.98 Å². The Bertz CT molecular complexity index is 827. The van der Waals surface area contributed by atoms with Gasteiger partial charge >= 0.3 is 0 Å². The van der Waals surface area contributed by atoms with Crippen molar-refractivity contribution in [3.8, 4) is 0 Å². The quantitative estimate of drug-likeness (QED) is 0.696. The van der Waals surface area contributed by atoms with Crippen LogP contribution in [0.4, 0.5) is 11.4 Å². The highest BCUT2D eigenvalue weighted by atomic mass is 79.9. The molecule has 5 heteroatoms. The van der Waals surface area contributed by atoms with E-state index in [2.05, 4.69) is 26.2 Å². The predicted molar refractivity (Wildman–Crippen MR) is 88.3 cm³/mol. The summed E-state index contributed by atoms with van der Waals surface area (Å²) in [7, 11) is 0. The zero-order chi connectivity index (χ0) is 14.8. The number of amides is 1. The number of fused-ring (bicyclic) bond motifs is 1. The van der Waals surface area contributed by atoms with Gasteiger partial charge in [0.25, 0.3) is 5.91 Å². The summed E-state index contributed by atoms with van der Waals surface area (Å²) in [4.78, 5) is 16.7. The molecule has 0 radical (unpaired) electrons. The molecule has 21 heavy (non-hydrogen) atoms. The number of halogens is 1. The molecule has 104 valence electrons. The summed E-state index contributed by atoms with van der Waals surface area (Å²) in [5.41, 5.74) is 8.43. The molecule has 4 nitrogen and oxygen atoms in total. The number of benzene rings is 2. The van der Waals surface area contributed by atoms with Crippen molar-refractivity contribution in [3.05, 3.63) is 64.8 Å². The Morgan fingerprint density at radius 2 is 2.00 bits per heavy atom. The van der Waals surface area contributed by atoms with E-state index in [1.165, 1.54) is 0 Å². The summed E-state index contributed by atoms with van der Waals surface area (Å²) in [6, 6.07) is 14.5. The molecule has 3 N–H and O–H groups in total. The van der Waals surface area contributed by atoms with Crippen LogP contribution >= 0.6 is 15.9 Å². The second-order valence-corrected chi connectivity index (χ2v) is 5.42. The molecule has 0 aliphatic rings. The molecule has 0 fully saturated rings. The molecule has 3 aromatic rings. The number of nitrogens with one attached hydrogen (secondary N) is 1. The van der Waals surface area contributed by atoms with Gasteiger partial charge in [0.05, 0.1) is 5.52 Å². The van der Waals surface area contributed by atoms with E-state index >= 15 is 0 Å². The Hall–Kier alpha value is -2.40. The summed E-state index contributed by atoms with van der Waals surface area (Å²) < 4.78 is 0.801. The maximum absolute atomic E-state index is 12.4. The number of hydrogen-bond acceptors (Lipinski definition) is 3. The van der Waals surface area contributed by atoms with Gasteiger partial charge in [-0.2, -0.15) is 0 Å².